The number of hydrogen-bond acceptors (Lipinski definition) is 6. The summed E-state index contributed by atoms with van der Waals surface area (Å²) in [5.41, 5.74) is 1.26. The fourth-order valence-corrected chi connectivity index (χ4v) is 4.94. The smallest absolute Gasteiger partial charge is 0.262 e. The molecule has 138 valence electrons. The topological polar surface area (TPSA) is 63.3 Å². The first-order valence-corrected chi connectivity index (χ1v) is 10.0. The van der Waals surface area contributed by atoms with Crippen LogP contribution in [-0.2, 0) is 19.5 Å². The first-order valence-electron chi connectivity index (χ1n) is 9.20. The van der Waals surface area contributed by atoms with Gasteiger partial charge in [0, 0.05) is 18.0 Å². The van der Waals surface area contributed by atoms with Crippen LogP contribution in [0.4, 0.5) is 0 Å². The first-order chi connectivity index (χ1) is 12.7. The molecule has 0 fully saturated rings. The number of thiophene rings is 1. The summed E-state index contributed by atoms with van der Waals surface area (Å²) in [6, 6.07) is 3.91. The Hall–Kier alpha value is -1.96. The molecule has 1 aliphatic heterocycles. The van der Waals surface area contributed by atoms with Gasteiger partial charge in [0.2, 0.25) is 0 Å². The lowest BCUT2D eigenvalue weighted by molar-refractivity contribution is 0.172. The SMILES string of the molecule is CCN(CC)[C@@H](Cn1cnc2sc3c(c2c1=O)CCNC3)c1ccco1. The van der Waals surface area contributed by atoms with Crippen LogP contribution in [0, 0.1) is 0 Å². The monoisotopic (exact) mass is 372 g/mol. The van der Waals surface area contributed by atoms with Crippen LogP contribution in [0.1, 0.15) is 36.1 Å². The maximum absolute atomic E-state index is 13.2. The average molecular weight is 372 g/mol. The molecule has 0 bridgehead atoms. The van der Waals surface area contributed by atoms with Gasteiger partial charge in [-0.05, 0) is 43.8 Å². The van der Waals surface area contributed by atoms with E-state index >= 15 is 0 Å². The molecule has 4 rings (SSSR count). The van der Waals surface area contributed by atoms with Crippen molar-refractivity contribution in [2.24, 2.45) is 0 Å². The van der Waals surface area contributed by atoms with Crippen molar-refractivity contribution in [1.29, 1.82) is 0 Å². The predicted octanol–water partition coefficient (Wildman–Crippen LogP) is 2.78. The van der Waals surface area contributed by atoms with Crippen molar-refractivity contribution in [3.63, 3.8) is 0 Å². The van der Waals surface area contributed by atoms with E-state index in [0.717, 1.165) is 48.6 Å². The van der Waals surface area contributed by atoms with Crippen molar-refractivity contribution < 1.29 is 4.42 Å². The molecular formula is C19H24N4O2S. The summed E-state index contributed by atoms with van der Waals surface area (Å²) in [6.07, 6.45) is 4.28. The van der Waals surface area contributed by atoms with E-state index in [9.17, 15) is 4.79 Å². The standard InChI is InChI=1S/C19H24N4O2S/c1-3-22(4-2)14(15-6-5-9-25-15)11-23-12-21-18-17(19(23)24)13-7-8-20-10-16(13)26-18/h5-6,9,12,14,20H,3-4,7-8,10-11H2,1-2H3/t14-/m0/s1. The highest BCUT2D eigenvalue weighted by atomic mass is 32.1. The molecule has 0 saturated carbocycles. The Morgan fingerprint density at radius 2 is 2.27 bits per heavy atom. The van der Waals surface area contributed by atoms with Gasteiger partial charge in [0.25, 0.3) is 5.56 Å². The second-order valence-electron chi connectivity index (χ2n) is 6.57. The molecule has 3 aromatic heterocycles. The Balaban J connectivity index is 1.76. The molecule has 0 unspecified atom stereocenters. The van der Waals surface area contributed by atoms with E-state index < -0.39 is 0 Å². The number of rotatable bonds is 6. The van der Waals surface area contributed by atoms with Crippen molar-refractivity contribution >= 4 is 21.6 Å². The van der Waals surface area contributed by atoms with E-state index in [1.165, 1.54) is 10.4 Å². The Morgan fingerprint density at radius 1 is 1.42 bits per heavy atom. The van der Waals surface area contributed by atoms with Crippen molar-refractivity contribution in [1.82, 2.24) is 19.8 Å². The number of aromatic nitrogens is 2. The van der Waals surface area contributed by atoms with Crippen LogP contribution in [0.3, 0.4) is 0 Å². The third-order valence-electron chi connectivity index (χ3n) is 5.19. The summed E-state index contributed by atoms with van der Waals surface area (Å²) in [6.45, 7) is 8.35. The third-order valence-corrected chi connectivity index (χ3v) is 6.33. The van der Waals surface area contributed by atoms with Crippen LogP contribution in [0.5, 0.6) is 0 Å². The maximum Gasteiger partial charge on any atom is 0.262 e. The van der Waals surface area contributed by atoms with Gasteiger partial charge in [0.15, 0.2) is 0 Å². The molecule has 1 atom stereocenters. The second kappa shape index (κ2) is 7.34. The van der Waals surface area contributed by atoms with E-state index in [2.05, 4.69) is 29.0 Å². The number of nitrogens with one attached hydrogen (secondary N) is 1. The first kappa shape index (κ1) is 17.5. The minimum Gasteiger partial charge on any atom is -0.468 e. The summed E-state index contributed by atoms with van der Waals surface area (Å²) in [5.74, 6) is 0.886. The van der Waals surface area contributed by atoms with E-state index in [-0.39, 0.29) is 11.6 Å². The molecule has 4 heterocycles. The van der Waals surface area contributed by atoms with Gasteiger partial charge >= 0.3 is 0 Å². The van der Waals surface area contributed by atoms with Crippen molar-refractivity contribution in [3.05, 3.63) is 51.3 Å². The van der Waals surface area contributed by atoms with Crippen LogP contribution in [-0.4, -0.2) is 34.1 Å². The normalized spacial score (nSPS) is 15.5. The lowest BCUT2D eigenvalue weighted by Crippen LogP contribution is -2.34. The van der Waals surface area contributed by atoms with Gasteiger partial charge in [-0.25, -0.2) is 4.98 Å². The van der Waals surface area contributed by atoms with Gasteiger partial charge in [-0.2, -0.15) is 0 Å². The number of hydrogen-bond donors (Lipinski definition) is 1. The molecule has 0 spiro atoms. The minimum absolute atomic E-state index is 0.0214. The highest BCUT2D eigenvalue weighted by molar-refractivity contribution is 7.18. The minimum atomic E-state index is 0.0214. The third kappa shape index (κ3) is 3.00. The molecule has 26 heavy (non-hydrogen) atoms. The van der Waals surface area contributed by atoms with Crippen LogP contribution in [0.25, 0.3) is 10.2 Å². The van der Waals surface area contributed by atoms with Gasteiger partial charge in [-0.1, -0.05) is 13.8 Å². The highest BCUT2D eigenvalue weighted by Gasteiger charge is 2.24. The second-order valence-corrected chi connectivity index (χ2v) is 7.65. The Bertz CT molecular complexity index is 941. The molecule has 7 heteroatoms. The molecule has 0 radical (unpaired) electrons. The molecule has 1 N–H and O–H groups in total. The molecule has 0 aromatic carbocycles. The lowest BCUT2D eigenvalue weighted by Gasteiger charge is -2.28. The lowest BCUT2D eigenvalue weighted by atomic mass is 10.1. The summed E-state index contributed by atoms with van der Waals surface area (Å²) in [5, 5.41) is 4.18. The van der Waals surface area contributed by atoms with E-state index in [0.29, 0.717) is 6.54 Å². The van der Waals surface area contributed by atoms with Crippen LogP contribution in [0.15, 0.2) is 33.9 Å². The maximum atomic E-state index is 13.2. The number of fused-ring (bicyclic) bond motifs is 3. The summed E-state index contributed by atoms with van der Waals surface area (Å²) in [7, 11) is 0. The van der Waals surface area contributed by atoms with Gasteiger partial charge in [0.05, 0.1) is 24.0 Å². The zero-order valence-corrected chi connectivity index (χ0v) is 16.0. The van der Waals surface area contributed by atoms with Gasteiger partial charge in [-0.15, -0.1) is 11.3 Å². The average Bonchev–Trinajstić information content (AvgIpc) is 3.31. The van der Waals surface area contributed by atoms with Crippen molar-refractivity contribution in [2.45, 2.75) is 39.4 Å². The zero-order valence-electron chi connectivity index (χ0n) is 15.2. The predicted molar refractivity (Wildman–Crippen MR) is 104 cm³/mol. The van der Waals surface area contributed by atoms with E-state index in [1.807, 2.05) is 12.1 Å². The molecule has 1 aliphatic rings. The molecule has 0 saturated heterocycles. The van der Waals surface area contributed by atoms with Gasteiger partial charge in [0.1, 0.15) is 10.6 Å². The Kier molecular flexibility index (Phi) is 4.93. The zero-order chi connectivity index (χ0) is 18.1. The fourth-order valence-electron chi connectivity index (χ4n) is 3.80. The molecular weight excluding hydrogens is 348 g/mol. The van der Waals surface area contributed by atoms with Gasteiger partial charge < -0.3 is 9.73 Å². The van der Waals surface area contributed by atoms with Crippen molar-refractivity contribution in [2.75, 3.05) is 19.6 Å². The number of likely N-dealkylation sites (N-methyl/N-ethyl adjacent to an activating group) is 1. The Labute approximate surface area is 156 Å². The number of nitrogens with zero attached hydrogens (tertiary/aromatic N) is 3. The Morgan fingerprint density at radius 3 is 3.00 bits per heavy atom. The van der Waals surface area contributed by atoms with Gasteiger partial charge in [-0.3, -0.25) is 14.3 Å². The molecule has 6 nitrogen and oxygen atoms in total. The van der Waals surface area contributed by atoms with Crippen LogP contribution in [0.2, 0.25) is 0 Å². The molecule has 0 amide bonds. The van der Waals surface area contributed by atoms with E-state index in [4.69, 9.17) is 4.42 Å². The molecule has 0 aliphatic carbocycles. The van der Waals surface area contributed by atoms with Crippen molar-refractivity contribution in [3.8, 4) is 0 Å². The van der Waals surface area contributed by atoms with E-state index in [1.54, 1.807) is 28.5 Å². The quantitative estimate of drug-likeness (QED) is 0.721. The molecule has 3 aromatic rings. The van der Waals surface area contributed by atoms with Crippen LogP contribution < -0.4 is 10.9 Å². The summed E-state index contributed by atoms with van der Waals surface area (Å²) >= 11 is 1.64. The van der Waals surface area contributed by atoms with Crippen LogP contribution >= 0.6 is 11.3 Å². The fraction of sp³-hybridized carbons (Fsp3) is 0.474. The largest absolute Gasteiger partial charge is 0.468 e. The summed E-state index contributed by atoms with van der Waals surface area (Å²) < 4.78 is 7.42. The highest BCUT2D eigenvalue weighted by Crippen LogP contribution is 2.30. The number of furan rings is 1. The summed E-state index contributed by atoms with van der Waals surface area (Å²) in [4.78, 5) is 22.2.